The smallest absolute Gasteiger partial charge is 0.107 e. The fourth-order valence-electron chi connectivity index (χ4n) is 0.896. The number of nitrogens with two attached hydrogens (primary N) is 1. The molecule has 2 N–H and O–H groups in total. The first-order valence-corrected chi connectivity index (χ1v) is 3.39. The molecule has 0 aromatic heterocycles. The Morgan fingerprint density at radius 2 is 2.10 bits per heavy atom. The summed E-state index contributed by atoms with van der Waals surface area (Å²) < 4.78 is 17.6. The molecule has 0 aromatic rings. The summed E-state index contributed by atoms with van der Waals surface area (Å²) in [6.45, 7) is 3.46. The summed E-state index contributed by atoms with van der Waals surface area (Å²) in [4.78, 5) is 0. The van der Waals surface area contributed by atoms with Gasteiger partial charge in [-0.05, 0) is 20.3 Å². The predicted octanol–water partition coefficient (Wildman–Crippen LogP) is 1.10. The molecular formula is C7H16FNO. The normalized spacial score (nSPS) is 15.3. The van der Waals surface area contributed by atoms with Gasteiger partial charge < -0.3 is 10.5 Å². The Kier molecular flexibility index (Phi) is 3.83. The van der Waals surface area contributed by atoms with E-state index in [0.29, 0.717) is 13.0 Å². The van der Waals surface area contributed by atoms with E-state index in [1.807, 2.05) is 0 Å². The first-order valence-electron chi connectivity index (χ1n) is 3.39. The molecule has 0 heterocycles. The van der Waals surface area contributed by atoms with Crippen LogP contribution in [0.2, 0.25) is 0 Å². The highest BCUT2D eigenvalue weighted by atomic mass is 19.1. The maximum absolute atomic E-state index is 12.8. The summed E-state index contributed by atoms with van der Waals surface area (Å²) in [6.07, 6.45) is 0.348. The van der Waals surface area contributed by atoms with Crippen LogP contribution in [0.5, 0.6) is 0 Å². The largest absolute Gasteiger partial charge is 0.383 e. The third-order valence-corrected chi connectivity index (χ3v) is 1.13. The third-order valence-electron chi connectivity index (χ3n) is 1.13. The Balaban J connectivity index is 3.47. The van der Waals surface area contributed by atoms with Crippen molar-refractivity contribution < 1.29 is 9.13 Å². The molecule has 0 fully saturated rings. The number of hydrogen-bond acceptors (Lipinski definition) is 2. The van der Waals surface area contributed by atoms with Gasteiger partial charge in [0.1, 0.15) is 5.67 Å². The number of methoxy groups -OCH3 is 1. The molecule has 0 aromatic carbocycles. The summed E-state index contributed by atoms with van der Waals surface area (Å²) in [5, 5.41) is 0. The molecule has 1 atom stereocenters. The van der Waals surface area contributed by atoms with Gasteiger partial charge in [0.25, 0.3) is 0 Å². The lowest BCUT2D eigenvalue weighted by Gasteiger charge is -2.18. The summed E-state index contributed by atoms with van der Waals surface area (Å²) in [7, 11) is 1.56. The van der Waals surface area contributed by atoms with Crippen molar-refractivity contribution in [2.75, 3.05) is 13.7 Å². The number of hydrogen-bond donors (Lipinski definition) is 1. The van der Waals surface area contributed by atoms with Crippen molar-refractivity contribution in [3.05, 3.63) is 0 Å². The molecule has 0 saturated carbocycles. The molecule has 0 spiro atoms. The van der Waals surface area contributed by atoms with Crippen molar-refractivity contribution in [3.63, 3.8) is 0 Å². The molecule has 0 aliphatic heterocycles. The summed E-state index contributed by atoms with van der Waals surface area (Å²) >= 11 is 0. The molecule has 0 aliphatic rings. The second-order valence-electron chi connectivity index (χ2n) is 3.14. The fraction of sp³-hybridized carbons (Fsp3) is 1.00. The minimum absolute atomic E-state index is 0.190. The van der Waals surface area contributed by atoms with Gasteiger partial charge >= 0.3 is 0 Å². The average Bonchev–Trinajstić information content (AvgIpc) is 1.59. The van der Waals surface area contributed by atoms with Crippen molar-refractivity contribution >= 4 is 0 Å². The van der Waals surface area contributed by atoms with E-state index in [9.17, 15) is 4.39 Å². The van der Waals surface area contributed by atoms with Gasteiger partial charge in [0, 0.05) is 13.2 Å². The van der Waals surface area contributed by atoms with Gasteiger partial charge in [0.2, 0.25) is 0 Å². The molecule has 0 radical (unpaired) electrons. The van der Waals surface area contributed by atoms with Crippen molar-refractivity contribution in [3.8, 4) is 0 Å². The van der Waals surface area contributed by atoms with Crippen LogP contribution < -0.4 is 5.73 Å². The maximum atomic E-state index is 12.8. The van der Waals surface area contributed by atoms with Gasteiger partial charge in [-0.2, -0.15) is 0 Å². The highest BCUT2D eigenvalue weighted by Gasteiger charge is 2.19. The molecule has 0 aliphatic carbocycles. The zero-order valence-electron chi connectivity index (χ0n) is 6.86. The standard InChI is InChI=1S/C7H16FNO/c1-7(2,8)4-6(9)5-10-3/h6H,4-5,9H2,1-3H3/t6-/m0/s1. The van der Waals surface area contributed by atoms with Crippen molar-refractivity contribution in [2.24, 2.45) is 5.73 Å². The van der Waals surface area contributed by atoms with E-state index < -0.39 is 5.67 Å². The zero-order chi connectivity index (χ0) is 8.20. The molecule has 10 heavy (non-hydrogen) atoms. The van der Waals surface area contributed by atoms with Gasteiger partial charge in [-0.25, -0.2) is 4.39 Å². The summed E-state index contributed by atoms with van der Waals surface area (Å²) in [5.74, 6) is 0. The molecule has 0 amide bonds. The molecule has 0 rings (SSSR count). The monoisotopic (exact) mass is 149 g/mol. The molecule has 0 unspecified atom stereocenters. The van der Waals surface area contributed by atoms with Crippen LogP contribution in [0, 0.1) is 0 Å². The van der Waals surface area contributed by atoms with E-state index in [-0.39, 0.29) is 6.04 Å². The van der Waals surface area contributed by atoms with Crippen LogP contribution >= 0.6 is 0 Å². The molecular weight excluding hydrogens is 133 g/mol. The molecule has 3 heteroatoms. The first kappa shape index (κ1) is 9.85. The van der Waals surface area contributed by atoms with Gasteiger partial charge in [-0.1, -0.05) is 0 Å². The number of alkyl halides is 1. The lowest BCUT2D eigenvalue weighted by Crippen LogP contribution is -2.32. The van der Waals surface area contributed by atoms with E-state index in [1.165, 1.54) is 13.8 Å². The minimum Gasteiger partial charge on any atom is -0.383 e. The van der Waals surface area contributed by atoms with E-state index in [0.717, 1.165) is 0 Å². The SMILES string of the molecule is COC[C@@H](N)CC(C)(C)F. The van der Waals surface area contributed by atoms with Gasteiger partial charge in [0.15, 0.2) is 0 Å². The van der Waals surface area contributed by atoms with Crippen LogP contribution in [-0.4, -0.2) is 25.4 Å². The average molecular weight is 149 g/mol. The lowest BCUT2D eigenvalue weighted by molar-refractivity contribution is 0.132. The van der Waals surface area contributed by atoms with Crippen LogP contribution in [0.25, 0.3) is 0 Å². The van der Waals surface area contributed by atoms with Crippen LogP contribution in [0.15, 0.2) is 0 Å². The van der Waals surface area contributed by atoms with Crippen LogP contribution in [-0.2, 0) is 4.74 Å². The summed E-state index contributed by atoms with van der Waals surface area (Å²) in [6, 6.07) is -0.190. The van der Waals surface area contributed by atoms with E-state index in [2.05, 4.69) is 0 Å². The van der Waals surface area contributed by atoms with Crippen molar-refractivity contribution in [2.45, 2.75) is 32.0 Å². The van der Waals surface area contributed by atoms with Crippen LogP contribution in [0.3, 0.4) is 0 Å². The van der Waals surface area contributed by atoms with Gasteiger partial charge in [-0.3, -0.25) is 0 Å². The third kappa shape index (κ3) is 5.98. The van der Waals surface area contributed by atoms with E-state index >= 15 is 0 Å². The highest BCUT2D eigenvalue weighted by Crippen LogP contribution is 2.14. The van der Waals surface area contributed by atoms with Gasteiger partial charge in [-0.15, -0.1) is 0 Å². The fourth-order valence-corrected chi connectivity index (χ4v) is 0.896. The topological polar surface area (TPSA) is 35.2 Å². The Labute approximate surface area is 61.5 Å². The zero-order valence-corrected chi connectivity index (χ0v) is 6.86. The molecule has 0 bridgehead atoms. The summed E-state index contributed by atoms with van der Waals surface area (Å²) in [5.41, 5.74) is 4.32. The van der Waals surface area contributed by atoms with Crippen molar-refractivity contribution in [1.29, 1.82) is 0 Å². The van der Waals surface area contributed by atoms with E-state index in [4.69, 9.17) is 10.5 Å². The Morgan fingerprint density at radius 1 is 1.60 bits per heavy atom. The van der Waals surface area contributed by atoms with Crippen LogP contribution in [0.4, 0.5) is 4.39 Å². The predicted molar refractivity (Wildman–Crippen MR) is 39.7 cm³/mol. The Hall–Kier alpha value is -0.150. The van der Waals surface area contributed by atoms with Crippen molar-refractivity contribution in [1.82, 2.24) is 0 Å². The second-order valence-corrected chi connectivity index (χ2v) is 3.14. The number of rotatable bonds is 4. The van der Waals surface area contributed by atoms with Crippen LogP contribution in [0.1, 0.15) is 20.3 Å². The lowest BCUT2D eigenvalue weighted by atomic mass is 10.0. The Bertz CT molecular complexity index is 90.1. The number of halogens is 1. The second kappa shape index (κ2) is 3.88. The highest BCUT2D eigenvalue weighted by molar-refractivity contribution is 4.73. The van der Waals surface area contributed by atoms with E-state index in [1.54, 1.807) is 7.11 Å². The minimum atomic E-state index is -1.18. The number of ether oxygens (including phenoxy) is 1. The quantitative estimate of drug-likeness (QED) is 0.649. The molecule has 2 nitrogen and oxygen atoms in total. The molecule has 0 saturated heterocycles. The van der Waals surface area contributed by atoms with Gasteiger partial charge in [0.05, 0.1) is 6.61 Å². The first-order chi connectivity index (χ1) is 4.45. The Morgan fingerprint density at radius 3 is 2.40 bits per heavy atom. The molecule has 62 valence electrons. The maximum Gasteiger partial charge on any atom is 0.107 e.